The summed E-state index contributed by atoms with van der Waals surface area (Å²) in [5.41, 5.74) is 5.04. The van der Waals surface area contributed by atoms with Crippen molar-refractivity contribution in [2.24, 2.45) is 0 Å². The number of halogens is 1. The Morgan fingerprint density at radius 1 is 1.11 bits per heavy atom. The van der Waals surface area contributed by atoms with Crippen LogP contribution in [0.2, 0.25) is 0 Å². The number of hydrogen-bond acceptors (Lipinski definition) is 4. The van der Waals surface area contributed by atoms with Crippen molar-refractivity contribution < 1.29 is 19.4 Å². The van der Waals surface area contributed by atoms with E-state index in [4.69, 9.17) is 4.74 Å². The predicted octanol–water partition coefficient (Wildman–Crippen LogP) is 5.02. The molecule has 0 saturated heterocycles. The number of fused-ring (bicyclic) bond motifs is 3. The molecule has 2 aromatic carbocycles. The second-order valence-electron chi connectivity index (χ2n) is 6.43. The average molecular weight is 505 g/mol. The highest BCUT2D eigenvalue weighted by Crippen LogP contribution is 2.44. The number of carbonyl (C=O) groups is 2. The van der Waals surface area contributed by atoms with Crippen molar-refractivity contribution in [1.82, 2.24) is 5.32 Å². The molecular weight excluding hydrogens is 489 g/mol. The summed E-state index contributed by atoms with van der Waals surface area (Å²) in [6.07, 6.45) is -0.740. The molecule has 0 aliphatic heterocycles. The molecule has 2 N–H and O–H groups in total. The van der Waals surface area contributed by atoms with Gasteiger partial charge >= 0.3 is 12.1 Å². The average Bonchev–Trinajstić information content (AvgIpc) is 3.26. The summed E-state index contributed by atoms with van der Waals surface area (Å²) >= 11 is 3.54. The number of carboxylic acid groups (broad SMARTS) is 1. The minimum absolute atomic E-state index is 0.0662. The zero-order valence-electron chi connectivity index (χ0n) is 14.6. The molecule has 0 saturated carbocycles. The maximum atomic E-state index is 12.3. The number of rotatable bonds is 5. The zero-order chi connectivity index (χ0) is 19.7. The summed E-state index contributed by atoms with van der Waals surface area (Å²) in [7, 11) is 0. The number of amides is 1. The molecule has 1 atom stereocenters. The molecular formula is C21H16INO4S. The smallest absolute Gasteiger partial charge is 0.408 e. The van der Waals surface area contributed by atoms with Gasteiger partial charge in [-0.1, -0.05) is 48.5 Å². The van der Waals surface area contributed by atoms with E-state index in [2.05, 4.69) is 40.0 Å². The van der Waals surface area contributed by atoms with Crippen LogP contribution in [0.15, 0.2) is 60.0 Å². The number of hydrogen-bond donors (Lipinski definition) is 2. The summed E-state index contributed by atoms with van der Waals surface area (Å²) in [4.78, 5) is 23.9. The molecule has 28 heavy (non-hydrogen) atoms. The largest absolute Gasteiger partial charge is 0.479 e. The lowest BCUT2D eigenvalue weighted by molar-refractivity contribution is -0.139. The summed E-state index contributed by atoms with van der Waals surface area (Å²) in [5, 5.41) is 13.6. The Morgan fingerprint density at radius 3 is 2.25 bits per heavy atom. The van der Waals surface area contributed by atoms with Crippen LogP contribution in [0.3, 0.4) is 0 Å². The molecule has 7 heteroatoms. The Bertz CT molecular complexity index is 1000. The first-order valence-electron chi connectivity index (χ1n) is 8.63. The summed E-state index contributed by atoms with van der Waals surface area (Å²) in [6, 6.07) is 16.7. The quantitative estimate of drug-likeness (QED) is 0.478. The normalized spacial score (nSPS) is 13.5. The fourth-order valence-electron chi connectivity index (χ4n) is 3.52. The third-order valence-electron chi connectivity index (χ3n) is 4.77. The summed E-state index contributed by atoms with van der Waals surface area (Å²) < 4.78 is 6.39. The van der Waals surface area contributed by atoms with E-state index in [0.717, 1.165) is 25.1 Å². The molecule has 0 radical (unpaired) electrons. The molecule has 1 aliphatic carbocycles. The Hall–Kier alpha value is -2.39. The molecule has 0 spiro atoms. The molecule has 1 heterocycles. The van der Waals surface area contributed by atoms with Gasteiger partial charge in [-0.05, 0) is 61.9 Å². The lowest BCUT2D eigenvalue weighted by atomic mass is 9.98. The highest BCUT2D eigenvalue weighted by Gasteiger charge is 2.30. The van der Waals surface area contributed by atoms with Crippen LogP contribution in [-0.2, 0) is 9.53 Å². The van der Waals surface area contributed by atoms with Crippen LogP contribution in [-0.4, -0.2) is 23.8 Å². The van der Waals surface area contributed by atoms with Gasteiger partial charge in [0.15, 0.2) is 6.04 Å². The van der Waals surface area contributed by atoms with Crippen molar-refractivity contribution in [2.75, 3.05) is 6.61 Å². The van der Waals surface area contributed by atoms with E-state index < -0.39 is 18.1 Å². The van der Waals surface area contributed by atoms with Crippen LogP contribution in [0.4, 0.5) is 4.79 Å². The molecule has 1 aromatic heterocycles. The minimum atomic E-state index is -1.13. The lowest BCUT2D eigenvalue weighted by Gasteiger charge is -2.17. The molecule has 1 amide bonds. The molecule has 1 unspecified atom stereocenters. The van der Waals surface area contributed by atoms with Gasteiger partial charge in [-0.15, -0.1) is 11.3 Å². The molecule has 142 valence electrons. The van der Waals surface area contributed by atoms with Crippen molar-refractivity contribution in [1.29, 1.82) is 0 Å². The second kappa shape index (κ2) is 7.92. The molecule has 1 aliphatic rings. The van der Waals surface area contributed by atoms with Crippen molar-refractivity contribution in [3.63, 3.8) is 0 Å². The number of nitrogens with one attached hydrogen (secondary N) is 1. The fourth-order valence-corrected chi connectivity index (χ4v) is 4.92. The molecule has 0 bridgehead atoms. The highest BCUT2D eigenvalue weighted by molar-refractivity contribution is 14.1. The number of aliphatic carboxylic acids is 1. The van der Waals surface area contributed by atoms with E-state index in [1.54, 1.807) is 11.4 Å². The Morgan fingerprint density at radius 2 is 1.71 bits per heavy atom. The van der Waals surface area contributed by atoms with Crippen molar-refractivity contribution in [2.45, 2.75) is 12.0 Å². The van der Waals surface area contributed by atoms with E-state index in [-0.39, 0.29) is 12.5 Å². The number of carboxylic acids is 1. The van der Waals surface area contributed by atoms with Crippen LogP contribution in [0.25, 0.3) is 11.1 Å². The van der Waals surface area contributed by atoms with E-state index in [0.29, 0.717) is 5.56 Å². The van der Waals surface area contributed by atoms with Gasteiger partial charge in [-0.25, -0.2) is 9.59 Å². The van der Waals surface area contributed by atoms with Crippen molar-refractivity contribution in [3.8, 4) is 11.1 Å². The second-order valence-corrected chi connectivity index (χ2v) is 9.23. The minimum Gasteiger partial charge on any atom is -0.479 e. The maximum Gasteiger partial charge on any atom is 0.408 e. The first-order valence-corrected chi connectivity index (χ1v) is 10.6. The van der Waals surface area contributed by atoms with Gasteiger partial charge < -0.3 is 15.2 Å². The molecule has 5 nitrogen and oxygen atoms in total. The Kier molecular flexibility index (Phi) is 5.36. The van der Waals surface area contributed by atoms with Crippen molar-refractivity contribution >= 4 is 46.0 Å². The number of benzene rings is 2. The van der Waals surface area contributed by atoms with E-state index in [9.17, 15) is 14.7 Å². The lowest BCUT2D eigenvalue weighted by Crippen LogP contribution is -2.34. The zero-order valence-corrected chi connectivity index (χ0v) is 17.6. The fraction of sp³-hybridized carbons (Fsp3) is 0.143. The summed E-state index contributed by atoms with van der Waals surface area (Å²) in [5.74, 6) is -1.19. The van der Waals surface area contributed by atoms with Gasteiger partial charge in [0.25, 0.3) is 0 Å². The highest BCUT2D eigenvalue weighted by atomic mass is 127. The van der Waals surface area contributed by atoms with E-state index in [1.807, 2.05) is 36.4 Å². The van der Waals surface area contributed by atoms with Gasteiger partial charge in [0.1, 0.15) is 6.61 Å². The molecule has 3 aromatic rings. The van der Waals surface area contributed by atoms with Gasteiger partial charge in [0.2, 0.25) is 0 Å². The van der Waals surface area contributed by atoms with Crippen LogP contribution in [0, 0.1) is 2.88 Å². The standard InChI is InChI=1S/C21H16INO4S/c22-18-9-12(11-28-18)19(20(24)25)23-21(26)27-10-17-15-7-3-1-5-13(15)14-6-2-4-8-16(14)17/h1-9,11,17,19H,10H2,(H,23,26)(H,24,25). The van der Waals surface area contributed by atoms with Gasteiger partial charge in [-0.2, -0.15) is 0 Å². The summed E-state index contributed by atoms with van der Waals surface area (Å²) in [6.45, 7) is 0.146. The van der Waals surface area contributed by atoms with Crippen LogP contribution < -0.4 is 5.32 Å². The third-order valence-corrected chi connectivity index (χ3v) is 6.58. The number of carbonyl (C=O) groups excluding carboxylic acids is 1. The molecule has 0 fully saturated rings. The Balaban J connectivity index is 1.48. The maximum absolute atomic E-state index is 12.3. The SMILES string of the molecule is O=C(NC(C(=O)O)c1csc(I)c1)OCC1c2ccccc2-c2ccccc21. The van der Waals surface area contributed by atoms with Gasteiger partial charge in [0, 0.05) is 5.92 Å². The van der Waals surface area contributed by atoms with Crippen molar-refractivity contribution in [3.05, 3.63) is 79.6 Å². The number of ether oxygens (including phenoxy) is 1. The monoisotopic (exact) mass is 505 g/mol. The topological polar surface area (TPSA) is 75.6 Å². The van der Waals surface area contributed by atoms with Gasteiger partial charge in [-0.3, -0.25) is 0 Å². The van der Waals surface area contributed by atoms with Crippen LogP contribution >= 0.6 is 33.9 Å². The Labute approximate surface area is 179 Å². The molecule has 4 rings (SSSR count). The van der Waals surface area contributed by atoms with E-state index in [1.165, 1.54) is 11.3 Å². The first kappa shape index (κ1) is 18.9. The number of thiophene rings is 1. The first-order chi connectivity index (χ1) is 13.5. The van der Waals surface area contributed by atoms with Crippen LogP contribution in [0.5, 0.6) is 0 Å². The van der Waals surface area contributed by atoms with E-state index >= 15 is 0 Å². The number of alkyl carbamates (subject to hydrolysis) is 1. The predicted molar refractivity (Wildman–Crippen MR) is 116 cm³/mol. The van der Waals surface area contributed by atoms with Crippen LogP contribution in [0.1, 0.15) is 28.7 Å². The van der Waals surface area contributed by atoms with Gasteiger partial charge in [0.05, 0.1) is 2.88 Å². The third kappa shape index (κ3) is 3.64.